The van der Waals surface area contributed by atoms with Crippen molar-refractivity contribution in [3.63, 3.8) is 0 Å². The zero-order valence-corrected chi connectivity index (χ0v) is 13.0. The van der Waals surface area contributed by atoms with E-state index in [-0.39, 0.29) is 5.59 Å². The summed E-state index contributed by atoms with van der Waals surface area (Å²) in [7, 11) is -1.74. The highest BCUT2D eigenvalue weighted by atomic mass is 16.6. The first-order chi connectivity index (χ1) is 10.3. The molecule has 0 spiro atoms. The van der Waals surface area contributed by atoms with Crippen molar-refractivity contribution in [3.05, 3.63) is 53.7 Å². The molecule has 0 saturated heterocycles. The number of hydrogen-bond acceptors (Lipinski definition) is 4. The molecule has 116 valence electrons. The van der Waals surface area contributed by atoms with E-state index >= 15 is 0 Å². The topological polar surface area (TPSA) is 71.7 Å². The maximum Gasteiger partial charge on any atom is 0.506 e. The van der Waals surface area contributed by atoms with Gasteiger partial charge in [-0.2, -0.15) is 0 Å². The van der Waals surface area contributed by atoms with E-state index in [4.69, 9.17) is 4.74 Å². The first-order valence-corrected chi connectivity index (χ1v) is 7.12. The van der Waals surface area contributed by atoms with Gasteiger partial charge in [0.15, 0.2) is 0 Å². The lowest BCUT2D eigenvalue weighted by Crippen LogP contribution is -2.41. The Morgan fingerprint density at radius 3 is 2.32 bits per heavy atom. The lowest BCUT2D eigenvalue weighted by Gasteiger charge is -2.21. The van der Waals surface area contributed by atoms with E-state index < -0.39 is 18.8 Å². The van der Waals surface area contributed by atoms with Crippen LogP contribution in [0.15, 0.2) is 42.5 Å². The molecule has 0 atom stereocenters. The lowest BCUT2D eigenvalue weighted by atomic mass is 9.86. The normalized spacial score (nSPS) is 11.3. The van der Waals surface area contributed by atoms with Crippen LogP contribution >= 0.6 is 0 Å². The zero-order chi connectivity index (χ0) is 16.3. The van der Waals surface area contributed by atoms with Crippen LogP contribution in [0.5, 0.6) is 0 Å². The van der Waals surface area contributed by atoms with Crippen molar-refractivity contribution < 1.29 is 19.6 Å². The van der Waals surface area contributed by atoms with Crippen LogP contribution in [0.4, 0.5) is 4.79 Å². The van der Waals surface area contributed by atoms with Gasteiger partial charge in [0.2, 0.25) is 0 Å². The van der Waals surface area contributed by atoms with Crippen molar-refractivity contribution in [2.45, 2.75) is 32.8 Å². The van der Waals surface area contributed by atoms with Crippen LogP contribution in [-0.4, -0.2) is 33.4 Å². The molecule has 0 aliphatic carbocycles. The Hall–Kier alpha value is -2.05. The van der Waals surface area contributed by atoms with E-state index in [1.807, 2.05) is 30.3 Å². The van der Waals surface area contributed by atoms with E-state index in [1.54, 1.807) is 26.8 Å². The van der Waals surface area contributed by atoms with Gasteiger partial charge in [0.05, 0.1) is 5.59 Å². The average Bonchev–Trinajstić information content (AvgIpc) is 2.82. The summed E-state index contributed by atoms with van der Waals surface area (Å²) in [4.78, 5) is 12.4. The maximum atomic E-state index is 12.4. The average molecular weight is 301 g/mol. The van der Waals surface area contributed by atoms with Gasteiger partial charge in [0.1, 0.15) is 5.60 Å². The molecule has 1 aromatic heterocycles. The molecular weight excluding hydrogens is 281 g/mol. The van der Waals surface area contributed by atoms with Crippen LogP contribution in [0.25, 0.3) is 0 Å². The van der Waals surface area contributed by atoms with E-state index in [2.05, 4.69) is 0 Å². The second kappa shape index (κ2) is 6.38. The van der Waals surface area contributed by atoms with Gasteiger partial charge in [-0.15, -0.1) is 0 Å². The van der Waals surface area contributed by atoms with E-state index in [1.165, 1.54) is 10.6 Å². The fourth-order valence-corrected chi connectivity index (χ4v) is 2.17. The number of ether oxygens (including phenoxy) is 1. The highest BCUT2D eigenvalue weighted by Crippen LogP contribution is 2.14. The van der Waals surface area contributed by atoms with Crippen molar-refractivity contribution >= 4 is 18.8 Å². The molecule has 2 N–H and O–H groups in total. The van der Waals surface area contributed by atoms with E-state index in [0.29, 0.717) is 12.1 Å². The van der Waals surface area contributed by atoms with Crippen molar-refractivity contribution in [3.8, 4) is 0 Å². The van der Waals surface area contributed by atoms with Gasteiger partial charge < -0.3 is 14.8 Å². The number of carbonyl (C=O) groups is 1. The lowest BCUT2D eigenvalue weighted by molar-refractivity contribution is 0.0537. The molecule has 1 aromatic carbocycles. The summed E-state index contributed by atoms with van der Waals surface area (Å²) in [5.74, 6) is 0. The summed E-state index contributed by atoms with van der Waals surface area (Å²) in [5, 5.41) is 18.9. The summed E-state index contributed by atoms with van der Waals surface area (Å²) >= 11 is 0. The Morgan fingerprint density at radius 2 is 1.77 bits per heavy atom. The number of nitrogens with zero attached hydrogens (tertiary/aromatic N) is 1. The summed E-state index contributed by atoms with van der Waals surface area (Å²) in [6.07, 6.45) is -0.126. The quantitative estimate of drug-likeness (QED) is 0.844. The summed E-state index contributed by atoms with van der Waals surface area (Å²) in [6, 6.07) is 12.9. The van der Waals surface area contributed by atoms with Crippen LogP contribution in [-0.2, 0) is 11.2 Å². The first-order valence-electron chi connectivity index (χ1n) is 7.12. The molecule has 0 saturated carbocycles. The molecule has 22 heavy (non-hydrogen) atoms. The third-order valence-corrected chi connectivity index (χ3v) is 3.06. The molecule has 0 radical (unpaired) electrons. The highest BCUT2D eigenvalue weighted by Gasteiger charge is 2.26. The summed E-state index contributed by atoms with van der Waals surface area (Å²) in [5.41, 5.74) is 1.09. The summed E-state index contributed by atoms with van der Waals surface area (Å²) in [6.45, 7) is 5.29. The fraction of sp³-hybridized carbons (Fsp3) is 0.312. The SMILES string of the molecule is CC(C)(C)OC(=O)n1c(Cc2ccccc2)ccc1B(O)O. The molecule has 0 aliphatic heterocycles. The van der Waals surface area contributed by atoms with Crippen LogP contribution in [0.3, 0.4) is 0 Å². The van der Waals surface area contributed by atoms with Gasteiger partial charge in [0, 0.05) is 12.1 Å². The van der Waals surface area contributed by atoms with Crippen molar-refractivity contribution in [2.75, 3.05) is 0 Å². The van der Waals surface area contributed by atoms with E-state index in [9.17, 15) is 14.8 Å². The maximum absolute atomic E-state index is 12.4. The number of benzene rings is 1. The monoisotopic (exact) mass is 301 g/mol. The van der Waals surface area contributed by atoms with Gasteiger partial charge in [-0.25, -0.2) is 4.79 Å². The van der Waals surface area contributed by atoms with Crippen molar-refractivity contribution in [1.82, 2.24) is 4.57 Å². The molecule has 2 rings (SSSR count). The molecule has 0 bridgehead atoms. The number of carbonyl (C=O) groups excluding carboxylic acids is 1. The third-order valence-electron chi connectivity index (χ3n) is 3.06. The van der Waals surface area contributed by atoms with Gasteiger partial charge in [0.25, 0.3) is 0 Å². The fourth-order valence-electron chi connectivity index (χ4n) is 2.17. The Balaban J connectivity index is 2.36. The summed E-state index contributed by atoms with van der Waals surface area (Å²) < 4.78 is 6.58. The Kier molecular flexibility index (Phi) is 4.73. The van der Waals surface area contributed by atoms with Gasteiger partial charge in [-0.1, -0.05) is 30.3 Å². The Bertz CT molecular complexity index is 644. The second-order valence-electron chi connectivity index (χ2n) is 6.10. The molecule has 6 heteroatoms. The molecule has 2 aromatic rings. The largest absolute Gasteiger partial charge is 0.506 e. The molecule has 0 fully saturated rings. The van der Waals surface area contributed by atoms with Gasteiger partial charge in [-0.05, 0) is 38.5 Å². The van der Waals surface area contributed by atoms with Crippen LogP contribution < -0.4 is 5.59 Å². The number of hydrogen-bond donors (Lipinski definition) is 2. The standard InChI is InChI=1S/C16H20BNO4/c1-16(2,3)22-15(19)18-13(9-10-14(18)17(20)21)11-12-7-5-4-6-8-12/h4-10,20-21H,11H2,1-3H3. The molecule has 0 amide bonds. The molecule has 0 unspecified atom stereocenters. The van der Waals surface area contributed by atoms with Gasteiger partial charge >= 0.3 is 13.2 Å². The van der Waals surface area contributed by atoms with Crippen LogP contribution in [0.1, 0.15) is 32.0 Å². The van der Waals surface area contributed by atoms with Crippen molar-refractivity contribution in [1.29, 1.82) is 0 Å². The molecule has 5 nitrogen and oxygen atoms in total. The van der Waals surface area contributed by atoms with Gasteiger partial charge in [-0.3, -0.25) is 4.57 Å². The first kappa shape index (κ1) is 16.3. The minimum atomic E-state index is -1.74. The Morgan fingerprint density at radius 1 is 1.14 bits per heavy atom. The second-order valence-corrected chi connectivity index (χ2v) is 6.10. The van der Waals surface area contributed by atoms with Crippen molar-refractivity contribution in [2.24, 2.45) is 0 Å². The third kappa shape index (κ3) is 3.99. The molecular formula is C16H20BNO4. The number of aromatic nitrogens is 1. The highest BCUT2D eigenvalue weighted by molar-refractivity contribution is 6.58. The minimum Gasteiger partial charge on any atom is -0.443 e. The van der Waals surface area contributed by atoms with Crippen LogP contribution in [0.2, 0.25) is 0 Å². The molecule has 1 heterocycles. The predicted octanol–water partition coefficient (Wildman–Crippen LogP) is 1.54. The zero-order valence-electron chi connectivity index (χ0n) is 13.0. The van der Waals surface area contributed by atoms with Crippen LogP contribution in [0, 0.1) is 0 Å². The predicted molar refractivity (Wildman–Crippen MR) is 85.1 cm³/mol. The minimum absolute atomic E-state index is 0.0974. The molecule has 0 aliphatic rings. The smallest absolute Gasteiger partial charge is 0.443 e. The number of rotatable bonds is 3. The Labute approximate surface area is 130 Å². The van der Waals surface area contributed by atoms with E-state index in [0.717, 1.165) is 5.56 Å².